The lowest BCUT2D eigenvalue weighted by Gasteiger charge is -2.21. The molecule has 0 radical (unpaired) electrons. The summed E-state index contributed by atoms with van der Waals surface area (Å²) < 4.78 is 5.63. The van der Waals surface area contributed by atoms with E-state index in [2.05, 4.69) is 17.5 Å². The summed E-state index contributed by atoms with van der Waals surface area (Å²) in [4.78, 5) is 13.1. The number of hydrogen-bond donors (Lipinski definition) is 0. The first-order chi connectivity index (χ1) is 8.81. The molecular weight excluding hydrogens is 244 g/mol. The molecule has 2 saturated carbocycles. The Balaban J connectivity index is 1.37. The van der Waals surface area contributed by atoms with Crippen molar-refractivity contribution in [3.63, 3.8) is 0 Å². The molecule has 0 spiro atoms. The highest BCUT2D eigenvalue weighted by Gasteiger charge is 2.41. The molecule has 2 aliphatic carbocycles. The number of ether oxygens (including phenoxy) is 1. The minimum atomic E-state index is 0.0177. The molecule has 2 nitrogen and oxygen atoms in total. The van der Waals surface area contributed by atoms with Crippen molar-refractivity contribution in [2.75, 3.05) is 0 Å². The van der Waals surface area contributed by atoms with Gasteiger partial charge in [-0.05, 0) is 61.8 Å². The van der Waals surface area contributed by atoms with Crippen LogP contribution in [-0.2, 0) is 16.0 Å². The van der Waals surface area contributed by atoms with Gasteiger partial charge < -0.3 is 4.74 Å². The van der Waals surface area contributed by atoms with Crippen molar-refractivity contribution in [2.24, 2.45) is 11.8 Å². The van der Waals surface area contributed by atoms with Crippen LogP contribution in [0.4, 0.5) is 0 Å². The van der Waals surface area contributed by atoms with Gasteiger partial charge in [0.25, 0.3) is 0 Å². The standard InChI is InChI=1S/C15H20O2S/c16-15(5-1-3-13-4-2-8-18-13)17-14-10-11-6-7-12(14)9-11/h2,4,8,11-12,14H,1,3,5-7,9-10H2. The Bertz CT molecular complexity index is 399. The fourth-order valence-electron chi connectivity index (χ4n) is 3.42. The lowest BCUT2D eigenvalue weighted by Crippen LogP contribution is -2.23. The van der Waals surface area contributed by atoms with Crippen molar-refractivity contribution < 1.29 is 9.53 Å². The molecular formula is C15H20O2S. The summed E-state index contributed by atoms with van der Waals surface area (Å²) in [5.74, 6) is 1.54. The van der Waals surface area contributed by atoms with Gasteiger partial charge >= 0.3 is 5.97 Å². The number of esters is 1. The van der Waals surface area contributed by atoms with Crippen molar-refractivity contribution in [3.05, 3.63) is 22.4 Å². The van der Waals surface area contributed by atoms with E-state index in [1.807, 2.05) is 0 Å². The maximum absolute atomic E-state index is 11.8. The highest BCUT2D eigenvalue weighted by atomic mass is 32.1. The first kappa shape index (κ1) is 12.2. The van der Waals surface area contributed by atoms with Crippen LogP contribution >= 0.6 is 11.3 Å². The van der Waals surface area contributed by atoms with Gasteiger partial charge in [0, 0.05) is 11.3 Å². The monoisotopic (exact) mass is 264 g/mol. The molecule has 18 heavy (non-hydrogen) atoms. The first-order valence-electron chi connectivity index (χ1n) is 7.03. The molecule has 98 valence electrons. The molecule has 1 heterocycles. The van der Waals surface area contributed by atoms with Gasteiger partial charge in [0.15, 0.2) is 0 Å². The Morgan fingerprint density at radius 1 is 1.39 bits per heavy atom. The Morgan fingerprint density at radius 3 is 3.00 bits per heavy atom. The first-order valence-corrected chi connectivity index (χ1v) is 7.91. The largest absolute Gasteiger partial charge is 0.462 e. The lowest BCUT2D eigenvalue weighted by atomic mass is 9.98. The van der Waals surface area contributed by atoms with Gasteiger partial charge in [-0.3, -0.25) is 4.79 Å². The van der Waals surface area contributed by atoms with E-state index in [4.69, 9.17) is 4.74 Å². The molecule has 3 rings (SSSR count). The van der Waals surface area contributed by atoms with Crippen molar-refractivity contribution in [3.8, 4) is 0 Å². The van der Waals surface area contributed by atoms with E-state index in [1.54, 1.807) is 11.3 Å². The quantitative estimate of drug-likeness (QED) is 0.756. The van der Waals surface area contributed by atoms with Crippen LogP contribution in [0.1, 0.15) is 43.4 Å². The molecule has 0 aliphatic heterocycles. The summed E-state index contributed by atoms with van der Waals surface area (Å²) in [6.45, 7) is 0. The van der Waals surface area contributed by atoms with E-state index in [0.29, 0.717) is 12.3 Å². The van der Waals surface area contributed by atoms with Crippen LogP contribution in [0.25, 0.3) is 0 Å². The maximum atomic E-state index is 11.8. The summed E-state index contributed by atoms with van der Waals surface area (Å²) in [5, 5.41) is 2.09. The predicted octanol–water partition coefficient (Wildman–Crippen LogP) is 3.80. The summed E-state index contributed by atoms with van der Waals surface area (Å²) in [6.07, 6.45) is 7.80. The predicted molar refractivity (Wildman–Crippen MR) is 72.6 cm³/mol. The summed E-state index contributed by atoms with van der Waals surface area (Å²) in [7, 11) is 0. The second-order valence-electron chi connectivity index (χ2n) is 5.64. The molecule has 0 aromatic carbocycles. The van der Waals surface area contributed by atoms with E-state index < -0.39 is 0 Å². The van der Waals surface area contributed by atoms with Gasteiger partial charge in [-0.25, -0.2) is 0 Å². The molecule has 3 unspecified atom stereocenters. The van der Waals surface area contributed by atoms with Crippen LogP contribution in [-0.4, -0.2) is 12.1 Å². The summed E-state index contributed by atoms with van der Waals surface area (Å²) in [5.41, 5.74) is 0. The second-order valence-corrected chi connectivity index (χ2v) is 6.67. The topological polar surface area (TPSA) is 26.3 Å². The van der Waals surface area contributed by atoms with E-state index in [9.17, 15) is 4.79 Å². The average Bonchev–Trinajstić information content (AvgIpc) is 3.04. The second kappa shape index (κ2) is 5.43. The van der Waals surface area contributed by atoms with Gasteiger partial charge in [-0.2, -0.15) is 0 Å². The zero-order valence-corrected chi connectivity index (χ0v) is 11.5. The van der Waals surface area contributed by atoms with Crippen molar-refractivity contribution in [2.45, 2.75) is 51.0 Å². The van der Waals surface area contributed by atoms with Crippen LogP contribution in [0.3, 0.4) is 0 Å². The number of carbonyl (C=O) groups excluding carboxylic acids is 1. The molecule has 3 atom stereocenters. The highest BCUT2D eigenvalue weighted by Crippen LogP contribution is 2.45. The number of thiophene rings is 1. The minimum Gasteiger partial charge on any atom is -0.462 e. The molecule has 2 fully saturated rings. The lowest BCUT2D eigenvalue weighted by molar-refractivity contribution is -0.151. The molecule has 2 bridgehead atoms. The SMILES string of the molecule is O=C(CCCc1cccs1)OC1CC2CCC1C2. The average molecular weight is 264 g/mol. The zero-order chi connectivity index (χ0) is 12.4. The normalized spacial score (nSPS) is 29.7. The number of rotatable bonds is 5. The van der Waals surface area contributed by atoms with Crippen LogP contribution in [0, 0.1) is 11.8 Å². The number of hydrogen-bond acceptors (Lipinski definition) is 3. The van der Waals surface area contributed by atoms with Crippen molar-refractivity contribution in [1.82, 2.24) is 0 Å². The third-order valence-corrected chi connectivity index (χ3v) is 5.28. The summed E-state index contributed by atoms with van der Waals surface area (Å²) in [6, 6.07) is 4.19. The van der Waals surface area contributed by atoms with Gasteiger partial charge in [0.05, 0.1) is 0 Å². The maximum Gasteiger partial charge on any atom is 0.306 e. The van der Waals surface area contributed by atoms with Gasteiger partial charge in [0.1, 0.15) is 6.10 Å². The minimum absolute atomic E-state index is 0.0177. The van der Waals surface area contributed by atoms with E-state index in [1.165, 1.54) is 24.1 Å². The van der Waals surface area contributed by atoms with Crippen LogP contribution in [0.5, 0.6) is 0 Å². The Labute approximate surface area is 112 Å². The van der Waals surface area contributed by atoms with Crippen LogP contribution in [0.2, 0.25) is 0 Å². The highest BCUT2D eigenvalue weighted by molar-refractivity contribution is 7.09. The Morgan fingerprint density at radius 2 is 2.33 bits per heavy atom. The van der Waals surface area contributed by atoms with Gasteiger partial charge in [-0.1, -0.05) is 6.07 Å². The fraction of sp³-hybridized carbons (Fsp3) is 0.667. The van der Waals surface area contributed by atoms with E-state index in [-0.39, 0.29) is 12.1 Å². The summed E-state index contributed by atoms with van der Waals surface area (Å²) >= 11 is 1.77. The molecule has 3 heteroatoms. The molecule has 1 aromatic rings. The Hall–Kier alpha value is -0.830. The third kappa shape index (κ3) is 2.77. The molecule has 2 aliphatic rings. The molecule has 0 amide bonds. The van der Waals surface area contributed by atoms with Crippen molar-refractivity contribution in [1.29, 1.82) is 0 Å². The van der Waals surface area contributed by atoms with E-state index >= 15 is 0 Å². The molecule has 1 aromatic heterocycles. The third-order valence-electron chi connectivity index (χ3n) is 4.34. The van der Waals surface area contributed by atoms with Crippen LogP contribution < -0.4 is 0 Å². The number of carbonyl (C=O) groups is 1. The van der Waals surface area contributed by atoms with Crippen molar-refractivity contribution >= 4 is 17.3 Å². The molecule has 0 N–H and O–H groups in total. The zero-order valence-electron chi connectivity index (χ0n) is 10.6. The van der Waals surface area contributed by atoms with Crippen LogP contribution in [0.15, 0.2) is 17.5 Å². The smallest absolute Gasteiger partial charge is 0.306 e. The van der Waals surface area contributed by atoms with Gasteiger partial charge in [0.2, 0.25) is 0 Å². The molecule has 0 saturated heterocycles. The number of fused-ring (bicyclic) bond motifs is 2. The van der Waals surface area contributed by atoms with Gasteiger partial charge in [-0.15, -0.1) is 11.3 Å². The fourth-order valence-corrected chi connectivity index (χ4v) is 4.17. The van der Waals surface area contributed by atoms with E-state index in [0.717, 1.165) is 25.2 Å². The Kier molecular flexibility index (Phi) is 3.69. The number of aryl methyl sites for hydroxylation is 1.